The fourth-order valence-corrected chi connectivity index (χ4v) is 5.57. The van der Waals surface area contributed by atoms with Gasteiger partial charge in [0.15, 0.2) is 11.6 Å². The van der Waals surface area contributed by atoms with Crippen LogP contribution in [0.4, 0.5) is 0 Å². The van der Waals surface area contributed by atoms with Gasteiger partial charge in [-0.1, -0.05) is 42.5 Å². The van der Waals surface area contributed by atoms with Crippen molar-refractivity contribution >= 4 is 29.5 Å². The van der Waals surface area contributed by atoms with Crippen molar-refractivity contribution in [2.45, 2.75) is 45.1 Å². The zero-order chi connectivity index (χ0) is 47.3. The highest BCUT2D eigenvalue weighted by Gasteiger charge is 2.15. The van der Waals surface area contributed by atoms with Crippen LogP contribution in [-0.2, 0) is 68.4 Å². The Labute approximate surface area is 385 Å². The van der Waals surface area contributed by atoms with Crippen LogP contribution in [0.2, 0.25) is 0 Å². The maximum Gasteiger partial charge on any atom is 0.338 e. The van der Waals surface area contributed by atoms with Crippen molar-refractivity contribution in [3.8, 4) is 22.6 Å². The Balaban J connectivity index is 1.35. The number of aliphatic carboxylic acids is 2. The number of ketones is 2. The first-order chi connectivity index (χ1) is 32.2. The third-order valence-corrected chi connectivity index (χ3v) is 8.98. The Morgan fingerprint density at radius 1 is 0.409 bits per heavy atom. The van der Waals surface area contributed by atoms with Crippen LogP contribution in [0.1, 0.15) is 54.4 Å². The number of carbonyl (C=O) groups excluding carboxylic acids is 3. The van der Waals surface area contributed by atoms with Crippen LogP contribution in [0.15, 0.2) is 72.8 Å². The molecule has 0 radical (unpaired) electrons. The lowest BCUT2D eigenvalue weighted by atomic mass is 10.0. The van der Waals surface area contributed by atoms with Gasteiger partial charge in [0.25, 0.3) is 0 Å². The third kappa shape index (κ3) is 27.9. The molecule has 0 fully saturated rings. The summed E-state index contributed by atoms with van der Waals surface area (Å²) >= 11 is 0. The summed E-state index contributed by atoms with van der Waals surface area (Å²) in [7, 11) is 0. The number of hydrogen-bond donors (Lipinski definition) is 2. The molecule has 0 atom stereocenters. The SMILES string of the molecule is O=C(O)CCOCCOCCOCCOCCCC(=O)COc1ccc(-c2cc(OCC(=O)CCCOCCOCCOCCOCCC(=O)O)cc(C(=O)OCc3ccccc3)c2)cc1. The molecule has 0 saturated heterocycles. The van der Waals surface area contributed by atoms with E-state index in [-0.39, 0.29) is 69.4 Å². The molecule has 18 nitrogen and oxygen atoms in total. The average molecular weight is 929 g/mol. The minimum atomic E-state index is -0.907. The number of Topliss-reactive ketones (excluding diaryl/α,β-unsaturated/α-hetero) is 2. The Morgan fingerprint density at radius 2 is 0.833 bits per heavy atom. The highest BCUT2D eigenvalue weighted by molar-refractivity contribution is 5.92. The number of carboxylic acid groups (broad SMARTS) is 2. The topological polar surface area (TPSA) is 227 Å². The second-order valence-corrected chi connectivity index (χ2v) is 14.4. The van der Waals surface area contributed by atoms with Gasteiger partial charge in [-0.15, -0.1) is 0 Å². The molecule has 66 heavy (non-hydrogen) atoms. The number of ether oxygens (including phenoxy) is 11. The molecule has 0 aromatic heterocycles. The normalized spacial score (nSPS) is 11.0. The lowest BCUT2D eigenvalue weighted by molar-refractivity contribution is -0.139. The fourth-order valence-electron chi connectivity index (χ4n) is 5.57. The molecule has 0 aliphatic heterocycles. The van der Waals surface area contributed by atoms with Gasteiger partial charge in [0, 0.05) is 26.1 Å². The van der Waals surface area contributed by atoms with Gasteiger partial charge < -0.3 is 62.3 Å². The lowest BCUT2D eigenvalue weighted by Crippen LogP contribution is -2.14. The van der Waals surface area contributed by atoms with E-state index in [1.165, 1.54) is 0 Å². The van der Waals surface area contributed by atoms with E-state index in [1.807, 2.05) is 30.3 Å². The predicted molar refractivity (Wildman–Crippen MR) is 238 cm³/mol. The summed E-state index contributed by atoms with van der Waals surface area (Å²) < 4.78 is 60.2. The second-order valence-electron chi connectivity index (χ2n) is 14.4. The van der Waals surface area contributed by atoms with Crippen LogP contribution in [-0.4, -0.2) is 159 Å². The Kier molecular flexibility index (Phi) is 29.9. The van der Waals surface area contributed by atoms with Crippen LogP contribution in [0, 0.1) is 0 Å². The molecule has 0 aliphatic rings. The smallest absolute Gasteiger partial charge is 0.338 e. The molecule has 0 bridgehead atoms. The van der Waals surface area contributed by atoms with E-state index >= 15 is 0 Å². The third-order valence-electron chi connectivity index (χ3n) is 8.98. The van der Waals surface area contributed by atoms with Crippen LogP contribution < -0.4 is 9.47 Å². The van der Waals surface area contributed by atoms with Gasteiger partial charge in [0.05, 0.1) is 111 Å². The van der Waals surface area contributed by atoms with Gasteiger partial charge in [0.1, 0.15) is 31.3 Å². The van der Waals surface area contributed by atoms with Crippen molar-refractivity contribution in [2.75, 3.05) is 119 Å². The maximum atomic E-state index is 13.2. The largest absolute Gasteiger partial charge is 0.486 e. The molecular weight excluding hydrogens is 865 g/mol. The molecule has 3 aromatic carbocycles. The highest BCUT2D eigenvalue weighted by Crippen LogP contribution is 2.29. The molecule has 2 N–H and O–H groups in total. The number of hydrogen-bond acceptors (Lipinski definition) is 16. The summed E-state index contributed by atoms with van der Waals surface area (Å²) in [5, 5.41) is 17.1. The van der Waals surface area contributed by atoms with Crippen LogP contribution in [0.5, 0.6) is 11.5 Å². The summed E-state index contributed by atoms with van der Waals surface area (Å²) in [4.78, 5) is 59.3. The second kappa shape index (κ2) is 35.9. The van der Waals surface area contributed by atoms with Crippen molar-refractivity contribution in [1.82, 2.24) is 0 Å². The van der Waals surface area contributed by atoms with E-state index in [9.17, 15) is 24.0 Å². The number of carboxylic acids is 2. The van der Waals surface area contributed by atoms with Gasteiger partial charge in [-0.25, -0.2) is 4.79 Å². The summed E-state index contributed by atoms with van der Waals surface area (Å²) in [5.74, 6) is -1.77. The number of carbonyl (C=O) groups is 5. The van der Waals surface area contributed by atoms with E-state index in [0.29, 0.717) is 129 Å². The summed E-state index contributed by atoms with van der Waals surface area (Å²) in [6.07, 6.45) is 1.47. The van der Waals surface area contributed by atoms with Gasteiger partial charge in [0.2, 0.25) is 0 Å². The van der Waals surface area contributed by atoms with Crippen molar-refractivity contribution in [3.63, 3.8) is 0 Å². The molecule has 0 unspecified atom stereocenters. The molecule has 0 spiro atoms. The van der Waals surface area contributed by atoms with Gasteiger partial charge in [-0.3, -0.25) is 19.2 Å². The van der Waals surface area contributed by atoms with E-state index in [2.05, 4.69) is 0 Å². The monoisotopic (exact) mass is 928 g/mol. The number of esters is 1. The summed E-state index contributed by atoms with van der Waals surface area (Å²) in [6.45, 7) is 5.20. The van der Waals surface area contributed by atoms with E-state index < -0.39 is 17.9 Å². The Bertz CT molecular complexity index is 1800. The Morgan fingerprint density at radius 3 is 1.29 bits per heavy atom. The van der Waals surface area contributed by atoms with Crippen molar-refractivity contribution in [3.05, 3.63) is 83.9 Å². The lowest BCUT2D eigenvalue weighted by Gasteiger charge is -2.12. The van der Waals surface area contributed by atoms with E-state index in [1.54, 1.807) is 42.5 Å². The molecule has 0 heterocycles. The van der Waals surface area contributed by atoms with Crippen molar-refractivity contribution in [1.29, 1.82) is 0 Å². The molecule has 0 aliphatic carbocycles. The van der Waals surface area contributed by atoms with Crippen LogP contribution in [0.3, 0.4) is 0 Å². The molecule has 3 aromatic rings. The fraction of sp³-hybridized carbons (Fsp3) is 0.521. The summed E-state index contributed by atoms with van der Waals surface area (Å²) in [6, 6.07) is 21.3. The van der Waals surface area contributed by atoms with Crippen molar-refractivity contribution in [2.24, 2.45) is 0 Å². The highest BCUT2D eigenvalue weighted by atomic mass is 16.6. The quantitative estimate of drug-likeness (QED) is 0.0546. The molecular formula is C48H64O18. The number of rotatable bonds is 42. The molecule has 0 amide bonds. The van der Waals surface area contributed by atoms with Crippen LogP contribution in [0.25, 0.3) is 11.1 Å². The van der Waals surface area contributed by atoms with Gasteiger partial charge in [-0.2, -0.15) is 0 Å². The first-order valence-corrected chi connectivity index (χ1v) is 22.0. The Hall–Kier alpha value is -5.31. The minimum Gasteiger partial charge on any atom is -0.486 e. The summed E-state index contributed by atoms with van der Waals surface area (Å²) in [5.41, 5.74) is 2.47. The molecule has 18 heteroatoms. The zero-order valence-electron chi connectivity index (χ0n) is 37.5. The molecule has 3 rings (SSSR count). The molecule has 364 valence electrons. The first-order valence-electron chi connectivity index (χ1n) is 22.0. The van der Waals surface area contributed by atoms with E-state index in [0.717, 1.165) is 11.1 Å². The average Bonchev–Trinajstić information content (AvgIpc) is 3.32. The van der Waals surface area contributed by atoms with Gasteiger partial charge >= 0.3 is 17.9 Å². The van der Waals surface area contributed by atoms with Crippen molar-refractivity contribution < 1.29 is 86.3 Å². The van der Waals surface area contributed by atoms with Gasteiger partial charge in [-0.05, 0) is 59.9 Å². The number of benzene rings is 3. The first kappa shape index (κ1) is 55.0. The van der Waals surface area contributed by atoms with Crippen LogP contribution >= 0.6 is 0 Å². The minimum absolute atomic E-state index is 0.0382. The standard InChI is InChI=1S/C48H64O18/c49-42(8-4-16-56-20-24-60-28-30-62-26-22-58-18-14-46(51)52)36-64-44-12-10-39(11-13-44)40-32-41(48(55)66-35-38-6-2-1-3-7-38)34-45(33-40)65-37-43(50)9-5-17-57-21-25-61-29-31-63-27-23-59-19-15-47(53)54/h1-3,6-7,10-13,32-34H,4-5,8-9,14-31,35-37H2,(H,51,52)(H,53,54). The van der Waals surface area contributed by atoms with E-state index in [4.69, 9.17) is 62.3 Å². The predicted octanol–water partition coefficient (Wildman–Crippen LogP) is 5.25. The zero-order valence-corrected chi connectivity index (χ0v) is 37.5. The maximum absolute atomic E-state index is 13.2. The molecule has 0 saturated carbocycles.